The summed E-state index contributed by atoms with van der Waals surface area (Å²) in [7, 11) is -1.65. The highest BCUT2D eigenvalue weighted by molar-refractivity contribution is 7.91. The summed E-state index contributed by atoms with van der Waals surface area (Å²) in [6.07, 6.45) is 0.608. The maximum absolute atomic E-state index is 12.7. The average molecular weight is 411 g/mol. The first-order valence-electron chi connectivity index (χ1n) is 9.59. The lowest BCUT2D eigenvalue weighted by Crippen LogP contribution is -2.51. The fourth-order valence-electron chi connectivity index (χ4n) is 2.61. The van der Waals surface area contributed by atoms with Crippen LogP contribution in [-0.4, -0.2) is 62.7 Å². The molecule has 0 saturated carbocycles. The van der Waals surface area contributed by atoms with Crippen LogP contribution in [0, 0.1) is 0 Å². The molecule has 1 aromatic carbocycles. The third-order valence-corrected chi connectivity index (χ3v) is 5.75. The van der Waals surface area contributed by atoms with Gasteiger partial charge >= 0.3 is 0 Å². The third kappa shape index (κ3) is 8.29. The number of guanidine groups is 1. The Labute approximate surface area is 169 Å². The normalized spacial score (nSPS) is 13.7. The van der Waals surface area contributed by atoms with Crippen LogP contribution in [-0.2, 0) is 14.6 Å². The quantitative estimate of drug-likeness (QED) is 0.506. The van der Waals surface area contributed by atoms with Gasteiger partial charge in [0.15, 0.2) is 15.8 Å². The van der Waals surface area contributed by atoms with E-state index in [-0.39, 0.29) is 29.8 Å². The van der Waals surface area contributed by atoms with Crippen LogP contribution < -0.4 is 10.6 Å². The number of aliphatic imine (C=N–C) groups is 1. The Morgan fingerprint density at radius 1 is 1.18 bits per heavy atom. The molecule has 1 rings (SSSR count). The highest BCUT2D eigenvalue weighted by atomic mass is 32.2. The lowest BCUT2D eigenvalue weighted by molar-refractivity contribution is -0.122. The highest BCUT2D eigenvalue weighted by Gasteiger charge is 2.23. The number of nitrogens with one attached hydrogen (secondary N) is 2. The minimum Gasteiger partial charge on any atom is -0.352 e. The number of benzene rings is 1. The van der Waals surface area contributed by atoms with Gasteiger partial charge in [-0.05, 0) is 46.2 Å². The van der Waals surface area contributed by atoms with E-state index in [1.165, 1.54) is 0 Å². The number of carbonyl (C=O) groups is 1. The summed E-state index contributed by atoms with van der Waals surface area (Å²) in [5.74, 6) is 0.352. The Kier molecular flexibility index (Phi) is 8.94. The van der Waals surface area contributed by atoms with E-state index in [0.29, 0.717) is 23.8 Å². The molecule has 0 aliphatic carbocycles. The molecular formula is C20H34N4O3S. The minimum absolute atomic E-state index is 0.0434. The Bertz CT molecular complexity index is 755. The van der Waals surface area contributed by atoms with E-state index < -0.39 is 9.84 Å². The van der Waals surface area contributed by atoms with Crippen LogP contribution in [0.15, 0.2) is 40.2 Å². The van der Waals surface area contributed by atoms with Crippen molar-refractivity contribution in [2.24, 2.45) is 4.99 Å². The molecule has 1 amide bonds. The number of hydrogen-bond acceptors (Lipinski definition) is 4. The fourth-order valence-corrected chi connectivity index (χ4v) is 4.22. The van der Waals surface area contributed by atoms with E-state index >= 15 is 0 Å². The molecule has 0 aliphatic heterocycles. The van der Waals surface area contributed by atoms with Crippen molar-refractivity contribution in [2.45, 2.75) is 57.5 Å². The zero-order valence-electron chi connectivity index (χ0n) is 17.8. The molecular weight excluding hydrogens is 376 g/mol. The van der Waals surface area contributed by atoms with E-state index in [1.54, 1.807) is 42.3 Å². The summed E-state index contributed by atoms with van der Waals surface area (Å²) in [6, 6.07) is 8.11. The van der Waals surface area contributed by atoms with E-state index in [9.17, 15) is 13.2 Å². The van der Waals surface area contributed by atoms with Crippen molar-refractivity contribution in [2.75, 3.05) is 25.9 Å². The topological polar surface area (TPSA) is 90.9 Å². The average Bonchev–Trinajstić information content (AvgIpc) is 2.59. The van der Waals surface area contributed by atoms with Gasteiger partial charge in [-0.3, -0.25) is 9.79 Å². The van der Waals surface area contributed by atoms with Crippen molar-refractivity contribution in [3.63, 3.8) is 0 Å². The molecule has 7 nitrogen and oxygen atoms in total. The molecule has 2 N–H and O–H groups in total. The lowest BCUT2D eigenvalue weighted by Gasteiger charge is -2.28. The van der Waals surface area contributed by atoms with Gasteiger partial charge in [-0.1, -0.05) is 25.1 Å². The second kappa shape index (κ2) is 10.5. The molecule has 0 saturated heterocycles. The second-order valence-electron chi connectivity index (χ2n) is 7.80. The van der Waals surface area contributed by atoms with Crippen LogP contribution >= 0.6 is 0 Å². The first kappa shape index (κ1) is 23.9. The predicted octanol–water partition coefficient (Wildman–Crippen LogP) is 2.05. The highest BCUT2D eigenvalue weighted by Crippen LogP contribution is 2.12. The summed E-state index contributed by atoms with van der Waals surface area (Å²) in [6.45, 7) is 10.2. The number of sulfone groups is 1. The molecule has 1 unspecified atom stereocenters. The Morgan fingerprint density at radius 2 is 1.79 bits per heavy atom. The van der Waals surface area contributed by atoms with E-state index in [0.717, 1.165) is 0 Å². The predicted molar refractivity (Wildman–Crippen MR) is 114 cm³/mol. The summed E-state index contributed by atoms with van der Waals surface area (Å²) in [5, 5.41) is 6.13. The Hall–Kier alpha value is -2.09. The molecule has 0 aliphatic rings. The van der Waals surface area contributed by atoms with Crippen molar-refractivity contribution in [1.82, 2.24) is 15.5 Å². The van der Waals surface area contributed by atoms with E-state index in [1.807, 2.05) is 34.6 Å². The van der Waals surface area contributed by atoms with Gasteiger partial charge in [0.1, 0.15) is 0 Å². The van der Waals surface area contributed by atoms with Crippen molar-refractivity contribution >= 4 is 21.7 Å². The molecule has 0 spiro atoms. The molecule has 158 valence electrons. The molecule has 0 fully saturated rings. The van der Waals surface area contributed by atoms with Crippen LogP contribution in [0.5, 0.6) is 0 Å². The van der Waals surface area contributed by atoms with Gasteiger partial charge in [0.25, 0.3) is 0 Å². The van der Waals surface area contributed by atoms with Crippen molar-refractivity contribution in [3.8, 4) is 0 Å². The van der Waals surface area contributed by atoms with Gasteiger partial charge in [0.05, 0.1) is 17.2 Å². The van der Waals surface area contributed by atoms with E-state index in [2.05, 4.69) is 15.6 Å². The van der Waals surface area contributed by atoms with Crippen LogP contribution in [0.2, 0.25) is 0 Å². The van der Waals surface area contributed by atoms with Crippen LogP contribution in [0.3, 0.4) is 0 Å². The SMILES string of the molecule is CCN=C(NC(CC)CS(=O)(=O)c1ccccc1)N(C)CC(=O)NC(C)(C)C. The van der Waals surface area contributed by atoms with Crippen LogP contribution in [0.4, 0.5) is 0 Å². The van der Waals surface area contributed by atoms with Crippen molar-refractivity contribution < 1.29 is 13.2 Å². The molecule has 1 atom stereocenters. The molecule has 28 heavy (non-hydrogen) atoms. The monoisotopic (exact) mass is 410 g/mol. The maximum Gasteiger partial charge on any atom is 0.240 e. The van der Waals surface area contributed by atoms with Gasteiger partial charge in [0, 0.05) is 25.2 Å². The Morgan fingerprint density at radius 3 is 2.29 bits per heavy atom. The second-order valence-corrected chi connectivity index (χ2v) is 9.83. The molecule has 0 bridgehead atoms. The number of hydrogen-bond donors (Lipinski definition) is 2. The van der Waals surface area contributed by atoms with Crippen molar-refractivity contribution in [3.05, 3.63) is 30.3 Å². The molecule has 0 radical (unpaired) electrons. The zero-order chi connectivity index (χ0) is 21.4. The molecule has 1 aromatic rings. The van der Waals surface area contributed by atoms with Crippen molar-refractivity contribution in [1.29, 1.82) is 0 Å². The lowest BCUT2D eigenvalue weighted by atomic mass is 10.1. The summed E-state index contributed by atoms with van der Waals surface area (Å²) in [4.78, 5) is 18.7. The first-order chi connectivity index (χ1) is 13.0. The van der Waals surface area contributed by atoms with Gasteiger partial charge in [0.2, 0.25) is 5.91 Å². The summed E-state index contributed by atoms with van der Waals surface area (Å²) < 4.78 is 25.4. The number of rotatable bonds is 8. The number of carbonyl (C=O) groups excluding carboxylic acids is 1. The van der Waals surface area contributed by atoms with Gasteiger partial charge in [-0.2, -0.15) is 0 Å². The zero-order valence-corrected chi connectivity index (χ0v) is 18.6. The molecule has 0 aromatic heterocycles. The summed E-state index contributed by atoms with van der Waals surface area (Å²) in [5.41, 5.74) is -0.316. The molecule has 8 heteroatoms. The number of amides is 1. The standard InChI is InChI=1S/C20H34N4O3S/c1-7-16(15-28(26,27)17-12-10-9-11-13-17)22-19(21-8-2)24(6)14-18(25)23-20(3,4)5/h9-13,16H,7-8,14-15H2,1-6H3,(H,21,22)(H,23,25). The maximum atomic E-state index is 12.7. The smallest absolute Gasteiger partial charge is 0.240 e. The van der Waals surface area contributed by atoms with Crippen LogP contribution in [0.1, 0.15) is 41.0 Å². The molecule has 0 heterocycles. The first-order valence-corrected chi connectivity index (χ1v) is 11.2. The number of likely N-dealkylation sites (N-methyl/N-ethyl adjacent to an activating group) is 1. The third-order valence-electron chi connectivity index (χ3n) is 3.91. The van der Waals surface area contributed by atoms with Crippen LogP contribution in [0.25, 0.3) is 0 Å². The minimum atomic E-state index is -3.42. The van der Waals surface area contributed by atoms with E-state index in [4.69, 9.17) is 0 Å². The van der Waals surface area contributed by atoms with Gasteiger partial charge < -0.3 is 15.5 Å². The fraction of sp³-hybridized carbons (Fsp3) is 0.600. The summed E-state index contributed by atoms with van der Waals surface area (Å²) >= 11 is 0. The van der Waals surface area contributed by atoms with Gasteiger partial charge in [-0.15, -0.1) is 0 Å². The van der Waals surface area contributed by atoms with Gasteiger partial charge in [-0.25, -0.2) is 8.42 Å². The largest absolute Gasteiger partial charge is 0.352 e. The Balaban J connectivity index is 2.85. The number of nitrogens with zero attached hydrogens (tertiary/aromatic N) is 2.